The van der Waals surface area contributed by atoms with E-state index in [0.29, 0.717) is 0 Å². The second kappa shape index (κ2) is 2.21. The maximum Gasteiger partial charge on any atom is 0.329 e. The van der Waals surface area contributed by atoms with E-state index in [4.69, 9.17) is 4.74 Å². The number of carbonyl (C=O) groups excluding carboxylic acids is 2. The molecule has 0 aromatic rings. The van der Waals surface area contributed by atoms with Crippen molar-refractivity contribution < 1.29 is 14.3 Å². The molecule has 2 heterocycles. The van der Waals surface area contributed by atoms with Gasteiger partial charge in [0.1, 0.15) is 12.1 Å². The highest BCUT2D eigenvalue weighted by Crippen LogP contribution is 2.31. The van der Waals surface area contributed by atoms with Crippen LogP contribution in [0.5, 0.6) is 0 Å². The highest BCUT2D eigenvalue weighted by atomic mass is 16.6. The van der Waals surface area contributed by atoms with Gasteiger partial charge in [0.15, 0.2) is 0 Å². The minimum Gasteiger partial charge on any atom is -0.460 e. The maximum atomic E-state index is 11.2. The fraction of sp³-hybridized carbons (Fsp3) is 0.750. The summed E-state index contributed by atoms with van der Waals surface area (Å²) in [4.78, 5) is 22.3. The lowest BCUT2D eigenvalue weighted by Crippen LogP contribution is -2.51. The van der Waals surface area contributed by atoms with Crippen molar-refractivity contribution in [1.29, 1.82) is 0 Å². The Kier molecular flexibility index (Phi) is 1.40. The second-order valence-corrected chi connectivity index (χ2v) is 3.54. The van der Waals surface area contributed by atoms with Gasteiger partial charge in [0.2, 0.25) is 5.91 Å². The third kappa shape index (κ3) is 0.777. The van der Waals surface area contributed by atoms with E-state index < -0.39 is 6.04 Å². The standard InChI is InChI=1S/C8H11NO3/c1-3-5-8(11)12-6(3)4(2)7(10)9-5/h3-6H,1-2H3,(H,9,10)/t3?,4?,5?,6-/m1/s1. The summed E-state index contributed by atoms with van der Waals surface area (Å²) in [6.07, 6.45) is -0.212. The summed E-state index contributed by atoms with van der Waals surface area (Å²) in [5.74, 6) is -0.452. The molecule has 0 aliphatic carbocycles. The van der Waals surface area contributed by atoms with E-state index in [1.54, 1.807) is 6.92 Å². The monoisotopic (exact) mass is 169 g/mol. The van der Waals surface area contributed by atoms with E-state index in [9.17, 15) is 9.59 Å². The quantitative estimate of drug-likeness (QED) is 0.506. The molecule has 2 saturated heterocycles. The van der Waals surface area contributed by atoms with Gasteiger partial charge >= 0.3 is 5.97 Å². The molecule has 12 heavy (non-hydrogen) atoms. The zero-order valence-corrected chi connectivity index (χ0v) is 7.03. The van der Waals surface area contributed by atoms with Gasteiger partial charge < -0.3 is 10.1 Å². The van der Waals surface area contributed by atoms with E-state index >= 15 is 0 Å². The summed E-state index contributed by atoms with van der Waals surface area (Å²) < 4.78 is 5.06. The molecule has 2 bridgehead atoms. The molecule has 1 N–H and O–H groups in total. The first-order valence-corrected chi connectivity index (χ1v) is 4.12. The van der Waals surface area contributed by atoms with Crippen LogP contribution in [0.2, 0.25) is 0 Å². The van der Waals surface area contributed by atoms with Gasteiger partial charge in [-0.05, 0) is 0 Å². The topological polar surface area (TPSA) is 55.4 Å². The van der Waals surface area contributed by atoms with Crippen LogP contribution in [0, 0.1) is 11.8 Å². The molecular weight excluding hydrogens is 158 g/mol. The predicted molar refractivity (Wildman–Crippen MR) is 40.1 cm³/mol. The highest BCUT2D eigenvalue weighted by molar-refractivity contribution is 5.90. The van der Waals surface area contributed by atoms with Gasteiger partial charge in [-0.1, -0.05) is 13.8 Å². The number of amides is 1. The normalized spacial score (nSPS) is 45.5. The minimum absolute atomic E-state index is 0.0750. The summed E-state index contributed by atoms with van der Waals surface area (Å²) >= 11 is 0. The first-order chi connectivity index (χ1) is 5.61. The molecular formula is C8H11NO3. The fourth-order valence-electron chi connectivity index (χ4n) is 1.90. The number of piperidine rings is 1. The number of fused-ring (bicyclic) bond motifs is 2. The molecule has 2 fully saturated rings. The molecule has 4 nitrogen and oxygen atoms in total. The van der Waals surface area contributed by atoms with Crippen molar-refractivity contribution in [2.24, 2.45) is 11.8 Å². The Hall–Kier alpha value is -1.06. The number of ether oxygens (including phenoxy) is 1. The lowest BCUT2D eigenvalue weighted by molar-refractivity contribution is -0.143. The zero-order chi connectivity index (χ0) is 8.88. The lowest BCUT2D eigenvalue weighted by atomic mass is 9.86. The zero-order valence-electron chi connectivity index (χ0n) is 7.03. The molecule has 0 aromatic heterocycles. The van der Waals surface area contributed by atoms with Gasteiger partial charge in [0.05, 0.1) is 5.92 Å². The van der Waals surface area contributed by atoms with Crippen molar-refractivity contribution >= 4 is 11.9 Å². The van der Waals surface area contributed by atoms with Crippen LogP contribution in [0.3, 0.4) is 0 Å². The average molecular weight is 169 g/mol. The Bertz CT molecular complexity index is 249. The van der Waals surface area contributed by atoms with Gasteiger partial charge in [0, 0.05) is 5.92 Å². The Morgan fingerprint density at radius 2 is 2.00 bits per heavy atom. The number of esters is 1. The minimum atomic E-state index is -0.404. The molecule has 4 heteroatoms. The number of hydrogen-bond acceptors (Lipinski definition) is 3. The number of rotatable bonds is 0. The molecule has 2 rings (SSSR count). The third-order valence-corrected chi connectivity index (χ3v) is 2.75. The largest absolute Gasteiger partial charge is 0.460 e. The van der Waals surface area contributed by atoms with Crippen LogP contribution < -0.4 is 5.32 Å². The van der Waals surface area contributed by atoms with E-state index in [1.165, 1.54) is 0 Å². The summed E-state index contributed by atoms with van der Waals surface area (Å²) in [6.45, 7) is 3.71. The van der Waals surface area contributed by atoms with Crippen molar-refractivity contribution in [3.8, 4) is 0 Å². The molecule has 0 saturated carbocycles. The summed E-state index contributed by atoms with van der Waals surface area (Å²) in [6, 6.07) is -0.404. The predicted octanol–water partition coefficient (Wildman–Crippen LogP) is -0.318. The molecule has 2 aliphatic rings. The Morgan fingerprint density at radius 1 is 1.33 bits per heavy atom. The fourth-order valence-corrected chi connectivity index (χ4v) is 1.90. The molecule has 0 spiro atoms. The number of hydrogen-bond donors (Lipinski definition) is 1. The van der Waals surface area contributed by atoms with Crippen LogP contribution in [0.25, 0.3) is 0 Å². The first kappa shape index (κ1) is 7.58. The van der Waals surface area contributed by atoms with E-state index in [0.717, 1.165) is 0 Å². The van der Waals surface area contributed by atoms with Crippen molar-refractivity contribution in [1.82, 2.24) is 5.32 Å². The van der Waals surface area contributed by atoms with Crippen LogP contribution in [0.15, 0.2) is 0 Å². The van der Waals surface area contributed by atoms with Crippen molar-refractivity contribution in [3.05, 3.63) is 0 Å². The number of carbonyl (C=O) groups is 2. The lowest BCUT2D eigenvalue weighted by Gasteiger charge is -2.27. The molecule has 2 aliphatic heterocycles. The maximum absolute atomic E-state index is 11.2. The molecule has 0 aromatic carbocycles. The first-order valence-electron chi connectivity index (χ1n) is 4.12. The second-order valence-electron chi connectivity index (χ2n) is 3.54. The summed E-state index contributed by atoms with van der Waals surface area (Å²) in [5, 5.41) is 2.64. The van der Waals surface area contributed by atoms with E-state index in [1.807, 2.05) is 6.92 Å². The van der Waals surface area contributed by atoms with Crippen molar-refractivity contribution in [3.63, 3.8) is 0 Å². The van der Waals surface area contributed by atoms with Crippen molar-refractivity contribution in [2.45, 2.75) is 26.0 Å². The van der Waals surface area contributed by atoms with E-state index in [-0.39, 0.29) is 29.8 Å². The SMILES string of the molecule is CC1C(=O)NC2C(=O)O[C@@H]1C2C. The third-order valence-electron chi connectivity index (χ3n) is 2.75. The average Bonchev–Trinajstić information content (AvgIpc) is 2.23. The highest BCUT2D eigenvalue weighted by Gasteiger charge is 2.51. The molecule has 66 valence electrons. The van der Waals surface area contributed by atoms with Gasteiger partial charge in [-0.2, -0.15) is 0 Å². The molecule has 4 atom stereocenters. The van der Waals surface area contributed by atoms with Crippen LogP contribution in [0.4, 0.5) is 0 Å². The van der Waals surface area contributed by atoms with Crippen LogP contribution in [-0.4, -0.2) is 24.0 Å². The molecule has 0 radical (unpaired) electrons. The summed E-state index contributed by atoms with van der Waals surface area (Å²) in [5.41, 5.74) is 0. The van der Waals surface area contributed by atoms with Crippen LogP contribution >= 0.6 is 0 Å². The van der Waals surface area contributed by atoms with E-state index in [2.05, 4.69) is 5.32 Å². The van der Waals surface area contributed by atoms with Crippen molar-refractivity contribution in [2.75, 3.05) is 0 Å². The van der Waals surface area contributed by atoms with Crippen LogP contribution in [0.1, 0.15) is 13.8 Å². The Labute approximate surface area is 70.3 Å². The Balaban J connectivity index is 2.31. The Morgan fingerprint density at radius 3 is 2.67 bits per heavy atom. The number of nitrogens with one attached hydrogen (secondary N) is 1. The van der Waals surface area contributed by atoms with Crippen LogP contribution in [-0.2, 0) is 14.3 Å². The van der Waals surface area contributed by atoms with Gasteiger partial charge in [-0.15, -0.1) is 0 Å². The van der Waals surface area contributed by atoms with Gasteiger partial charge in [-0.25, -0.2) is 4.79 Å². The smallest absolute Gasteiger partial charge is 0.329 e. The van der Waals surface area contributed by atoms with Gasteiger partial charge in [-0.3, -0.25) is 4.79 Å². The summed E-state index contributed by atoms with van der Waals surface area (Å²) in [7, 11) is 0. The molecule has 3 unspecified atom stereocenters. The van der Waals surface area contributed by atoms with Gasteiger partial charge in [0.25, 0.3) is 0 Å². The molecule has 1 amide bonds.